The molecule has 3 aliphatic rings. The summed E-state index contributed by atoms with van der Waals surface area (Å²) in [6.07, 6.45) is 6.92. The van der Waals surface area contributed by atoms with E-state index in [1.165, 1.54) is 0 Å². The molecule has 1 heterocycles. The van der Waals surface area contributed by atoms with Gasteiger partial charge in [0, 0.05) is 12.3 Å². The number of ether oxygens (including phenoxy) is 2. The van der Waals surface area contributed by atoms with Gasteiger partial charge in [-0.05, 0) is 76.0 Å². The highest BCUT2D eigenvalue weighted by Crippen LogP contribution is 2.31. The summed E-state index contributed by atoms with van der Waals surface area (Å²) in [5, 5.41) is 27.9. The van der Waals surface area contributed by atoms with Gasteiger partial charge in [0.05, 0.1) is 32.5 Å². The summed E-state index contributed by atoms with van der Waals surface area (Å²) in [6, 6.07) is 3.86. The third kappa shape index (κ3) is 8.39. The fourth-order valence-electron chi connectivity index (χ4n) is 5.59. The molecule has 1 aromatic carbocycles. The van der Waals surface area contributed by atoms with Crippen LogP contribution in [0.4, 0.5) is 0 Å². The summed E-state index contributed by atoms with van der Waals surface area (Å²) in [6.45, 7) is 1.34. The lowest BCUT2D eigenvalue weighted by molar-refractivity contribution is -0.135. The molecule has 0 spiro atoms. The molecule has 3 amide bonds. The molecule has 0 aromatic heterocycles. The standard InChI is InChI=1S/C31H43N3O8/c1-31(18-42-31)27(37)24(15-19-5-3-4-6-19)32-29(39)25(16-20-7-13-23(41-2)14-8-20)33-30(40)26(17-35)34-28(38)21-9-11-22(36)12-10-21/h5,7-8,13-14,21-22,24-26,35-36H,3-4,6,9-12,15-18H2,1-2H3,(H,32,39)(H,33,40)(H,34,38). The topological polar surface area (TPSA) is 167 Å². The summed E-state index contributed by atoms with van der Waals surface area (Å²) in [7, 11) is 1.55. The van der Waals surface area contributed by atoms with Crippen molar-refractivity contribution in [2.45, 2.75) is 94.5 Å². The first-order valence-electron chi connectivity index (χ1n) is 14.8. The number of allylic oxidation sites excluding steroid dienone is 1. The Morgan fingerprint density at radius 1 is 0.976 bits per heavy atom. The van der Waals surface area contributed by atoms with Crippen LogP contribution in [0.25, 0.3) is 0 Å². The Bertz CT molecular complexity index is 1160. The van der Waals surface area contributed by atoms with E-state index in [0.29, 0.717) is 44.5 Å². The van der Waals surface area contributed by atoms with E-state index >= 15 is 0 Å². The number of ketones is 1. The van der Waals surface area contributed by atoms with Crippen LogP contribution >= 0.6 is 0 Å². The van der Waals surface area contributed by atoms with Crippen LogP contribution in [0.5, 0.6) is 5.75 Å². The van der Waals surface area contributed by atoms with E-state index in [0.717, 1.165) is 30.4 Å². The molecule has 42 heavy (non-hydrogen) atoms. The van der Waals surface area contributed by atoms with Crippen molar-refractivity contribution >= 4 is 23.5 Å². The number of carbonyl (C=O) groups is 4. The molecule has 4 unspecified atom stereocenters. The third-order valence-corrected chi connectivity index (χ3v) is 8.45. The average Bonchev–Trinajstić information content (AvgIpc) is 3.53. The zero-order valence-corrected chi connectivity index (χ0v) is 24.4. The van der Waals surface area contributed by atoms with E-state index in [-0.39, 0.29) is 24.0 Å². The predicted octanol–water partition coefficient (Wildman–Crippen LogP) is 1.09. The van der Waals surface area contributed by atoms with Gasteiger partial charge in [-0.3, -0.25) is 19.2 Å². The minimum atomic E-state index is -1.27. The molecule has 0 radical (unpaired) electrons. The fraction of sp³-hybridized carbons (Fsp3) is 0.613. The molecule has 5 N–H and O–H groups in total. The van der Waals surface area contributed by atoms with Crippen molar-refractivity contribution in [2.24, 2.45) is 5.92 Å². The normalized spacial score (nSPS) is 25.4. The molecule has 1 aliphatic heterocycles. The number of benzene rings is 1. The Kier molecular flexibility index (Phi) is 10.7. The van der Waals surface area contributed by atoms with E-state index in [2.05, 4.69) is 22.0 Å². The molecular weight excluding hydrogens is 542 g/mol. The number of rotatable bonds is 14. The Balaban J connectivity index is 1.48. The molecule has 4 atom stereocenters. The van der Waals surface area contributed by atoms with Crippen LogP contribution in [0.2, 0.25) is 0 Å². The van der Waals surface area contributed by atoms with Crippen LogP contribution < -0.4 is 20.7 Å². The number of amides is 3. The number of hydrogen-bond acceptors (Lipinski definition) is 8. The van der Waals surface area contributed by atoms with Gasteiger partial charge in [-0.1, -0.05) is 23.8 Å². The Hall–Kier alpha value is -3.28. The molecule has 11 heteroatoms. The maximum Gasteiger partial charge on any atom is 0.245 e. The number of nitrogens with one attached hydrogen (secondary N) is 3. The van der Waals surface area contributed by atoms with E-state index < -0.39 is 48.3 Å². The highest BCUT2D eigenvalue weighted by atomic mass is 16.6. The molecule has 11 nitrogen and oxygen atoms in total. The molecule has 2 fully saturated rings. The Morgan fingerprint density at radius 3 is 2.19 bits per heavy atom. The van der Waals surface area contributed by atoms with Crippen LogP contribution in [0.1, 0.15) is 63.9 Å². The van der Waals surface area contributed by atoms with Gasteiger partial charge in [0.1, 0.15) is 23.4 Å². The van der Waals surface area contributed by atoms with Crippen molar-refractivity contribution < 1.29 is 38.9 Å². The first kappa shape index (κ1) is 31.7. The molecule has 1 saturated heterocycles. The summed E-state index contributed by atoms with van der Waals surface area (Å²) in [5.41, 5.74) is 0.903. The summed E-state index contributed by atoms with van der Waals surface area (Å²) in [5.74, 6) is -1.58. The van der Waals surface area contributed by atoms with E-state index in [9.17, 15) is 29.4 Å². The zero-order chi connectivity index (χ0) is 30.3. The minimum absolute atomic E-state index is 0.103. The number of epoxide rings is 1. The second-order valence-electron chi connectivity index (χ2n) is 11.8. The average molecular weight is 586 g/mol. The first-order valence-corrected chi connectivity index (χ1v) is 14.8. The van der Waals surface area contributed by atoms with Crippen molar-refractivity contribution in [3.05, 3.63) is 41.5 Å². The molecular formula is C31H43N3O8. The summed E-state index contributed by atoms with van der Waals surface area (Å²) >= 11 is 0. The van der Waals surface area contributed by atoms with E-state index in [1.54, 1.807) is 38.3 Å². The van der Waals surface area contributed by atoms with Crippen molar-refractivity contribution in [1.82, 2.24) is 16.0 Å². The quantitative estimate of drug-likeness (QED) is 0.160. The highest BCUT2D eigenvalue weighted by Gasteiger charge is 2.50. The Labute approximate surface area is 246 Å². The molecule has 1 saturated carbocycles. The SMILES string of the molecule is COc1ccc(CC(NC(=O)C(CO)NC(=O)C2CCC(O)CC2)C(=O)NC(CC2=CCCC2)C(=O)C2(C)CO2)cc1. The number of methoxy groups -OCH3 is 1. The zero-order valence-electron chi connectivity index (χ0n) is 24.4. The molecule has 0 bridgehead atoms. The lowest BCUT2D eigenvalue weighted by Crippen LogP contribution is -2.58. The number of aliphatic hydroxyl groups is 2. The van der Waals surface area contributed by atoms with Crippen molar-refractivity contribution in [3.8, 4) is 5.75 Å². The van der Waals surface area contributed by atoms with Crippen molar-refractivity contribution in [2.75, 3.05) is 20.3 Å². The van der Waals surface area contributed by atoms with Crippen LogP contribution in [-0.4, -0.2) is 83.9 Å². The van der Waals surface area contributed by atoms with Gasteiger partial charge in [-0.2, -0.15) is 0 Å². The largest absolute Gasteiger partial charge is 0.497 e. The van der Waals surface area contributed by atoms with Gasteiger partial charge in [0.2, 0.25) is 17.7 Å². The number of Topliss-reactive ketones (excluding diaryl/α,β-unsaturated/α-hetero) is 1. The van der Waals surface area contributed by atoms with Crippen LogP contribution in [0.15, 0.2) is 35.9 Å². The van der Waals surface area contributed by atoms with Crippen LogP contribution in [-0.2, 0) is 30.3 Å². The van der Waals surface area contributed by atoms with E-state index in [4.69, 9.17) is 9.47 Å². The highest BCUT2D eigenvalue weighted by molar-refractivity contribution is 5.98. The summed E-state index contributed by atoms with van der Waals surface area (Å²) in [4.78, 5) is 53.1. The number of aliphatic hydroxyl groups excluding tert-OH is 2. The van der Waals surface area contributed by atoms with Gasteiger partial charge in [0.15, 0.2) is 5.78 Å². The smallest absolute Gasteiger partial charge is 0.245 e. The van der Waals surface area contributed by atoms with E-state index in [1.807, 2.05) is 0 Å². The number of hydrogen-bond donors (Lipinski definition) is 5. The lowest BCUT2D eigenvalue weighted by atomic mass is 9.87. The first-order chi connectivity index (χ1) is 20.1. The van der Waals surface area contributed by atoms with Gasteiger partial charge in [-0.15, -0.1) is 0 Å². The van der Waals surface area contributed by atoms with Gasteiger partial charge >= 0.3 is 0 Å². The maximum atomic E-state index is 13.7. The molecule has 230 valence electrons. The van der Waals surface area contributed by atoms with Gasteiger partial charge in [0.25, 0.3) is 0 Å². The van der Waals surface area contributed by atoms with Gasteiger partial charge in [-0.25, -0.2) is 0 Å². The minimum Gasteiger partial charge on any atom is -0.497 e. The monoisotopic (exact) mass is 585 g/mol. The molecule has 2 aliphatic carbocycles. The predicted molar refractivity (Wildman–Crippen MR) is 153 cm³/mol. The summed E-state index contributed by atoms with van der Waals surface area (Å²) < 4.78 is 10.6. The molecule has 4 rings (SSSR count). The van der Waals surface area contributed by atoms with Crippen LogP contribution in [0, 0.1) is 5.92 Å². The fourth-order valence-corrected chi connectivity index (χ4v) is 5.59. The third-order valence-electron chi connectivity index (χ3n) is 8.45. The van der Waals surface area contributed by atoms with Gasteiger partial charge < -0.3 is 35.6 Å². The maximum absolute atomic E-state index is 13.7. The number of carbonyl (C=O) groups excluding carboxylic acids is 4. The molecule has 1 aromatic rings. The van der Waals surface area contributed by atoms with Crippen molar-refractivity contribution in [1.29, 1.82) is 0 Å². The second kappa shape index (κ2) is 14.3. The second-order valence-corrected chi connectivity index (χ2v) is 11.8. The van der Waals surface area contributed by atoms with Crippen LogP contribution in [0.3, 0.4) is 0 Å². The Morgan fingerprint density at radius 2 is 1.62 bits per heavy atom. The van der Waals surface area contributed by atoms with Crippen molar-refractivity contribution in [3.63, 3.8) is 0 Å². The lowest BCUT2D eigenvalue weighted by Gasteiger charge is -2.28.